The average molecular weight is 355 g/mol. The molecule has 5 heteroatoms. The molecule has 21 heavy (non-hydrogen) atoms. The van der Waals surface area contributed by atoms with E-state index in [1.54, 1.807) is 18.2 Å². The Morgan fingerprint density at radius 2 is 2.00 bits per heavy atom. The largest absolute Gasteiger partial charge is 0.481 e. The van der Waals surface area contributed by atoms with Crippen LogP contribution in [0.1, 0.15) is 22.6 Å². The first-order chi connectivity index (χ1) is 9.90. The third-order valence-electron chi connectivity index (χ3n) is 3.29. The van der Waals surface area contributed by atoms with Gasteiger partial charge >= 0.3 is 5.97 Å². The molecular formula is C16H13BrF2O2. The van der Waals surface area contributed by atoms with E-state index in [0.29, 0.717) is 5.56 Å². The second kappa shape index (κ2) is 6.35. The number of hydrogen-bond acceptors (Lipinski definition) is 1. The maximum Gasteiger partial charge on any atom is 0.311 e. The third kappa shape index (κ3) is 3.47. The van der Waals surface area contributed by atoms with Gasteiger partial charge in [-0.15, -0.1) is 0 Å². The van der Waals surface area contributed by atoms with E-state index >= 15 is 0 Å². The standard InChI is InChI=1S/C16H13BrF2O2/c1-9-3-2-4-10(7-9)11(16(20)21)8-12-14(18)6-5-13(17)15(12)19/h2-7,11H,8H2,1H3,(H,20,21). The molecule has 110 valence electrons. The highest BCUT2D eigenvalue weighted by Gasteiger charge is 2.24. The molecule has 0 heterocycles. The molecule has 1 atom stereocenters. The molecule has 2 aromatic rings. The zero-order valence-corrected chi connectivity index (χ0v) is 12.8. The van der Waals surface area contributed by atoms with Crippen molar-refractivity contribution in [2.24, 2.45) is 0 Å². The molecule has 2 aromatic carbocycles. The summed E-state index contributed by atoms with van der Waals surface area (Å²) < 4.78 is 27.9. The van der Waals surface area contributed by atoms with Crippen LogP contribution in [-0.4, -0.2) is 11.1 Å². The molecule has 0 fully saturated rings. The monoisotopic (exact) mass is 354 g/mol. The lowest BCUT2D eigenvalue weighted by Crippen LogP contribution is -2.16. The SMILES string of the molecule is Cc1cccc(C(Cc2c(F)ccc(Br)c2F)C(=O)O)c1. The zero-order valence-electron chi connectivity index (χ0n) is 11.2. The molecule has 0 spiro atoms. The normalized spacial score (nSPS) is 12.2. The van der Waals surface area contributed by atoms with Gasteiger partial charge in [-0.3, -0.25) is 4.79 Å². The van der Waals surface area contributed by atoms with Crippen molar-refractivity contribution in [3.8, 4) is 0 Å². The number of hydrogen-bond donors (Lipinski definition) is 1. The van der Waals surface area contributed by atoms with Gasteiger partial charge in [-0.2, -0.15) is 0 Å². The lowest BCUT2D eigenvalue weighted by atomic mass is 9.91. The minimum atomic E-state index is -1.11. The summed E-state index contributed by atoms with van der Waals surface area (Å²) in [5, 5.41) is 9.37. The van der Waals surface area contributed by atoms with Gasteiger partial charge in [0.25, 0.3) is 0 Å². The summed E-state index contributed by atoms with van der Waals surface area (Å²) >= 11 is 2.99. The van der Waals surface area contributed by atoms with Crippen molar-refractivity contribution in [3.63, 3.8) is 0 Å². The fourth-order valence-electron chi connectivity index (χ4n) is 2.19. The molecular weight excluding hydrogens is 342 g/mol. The van der Waals surface area contributed by atoms with Crippen molar-refractivity contribution in [1.82, 2.24) is 0 Å². The highest BCUT2D eigenvalue weighted by Crippen LogP contribution is 2.28. The predicted molar refractivity (Wildman–Crippen MR) is 79.3 cm³/mol. The summed E-state index contributed by atoms with van der Waals surface area (Å²) in [5.41, 5.74) is 1.20. The van der Waals surface area contributed by atoms with Crippen LogP contribution in [0.15, 0.2) is 40.9 Å². The maximum absolute atomic E-state index is 14.0. The lowest BCUT2D eigenvalue weighted by molar-refractivity contribution is -0.138. The van der Waals surface area contributed by atoms with Gasteiger partial charge in [0.05, 0.1) is 10.4 Å². The Kier molecular flexibility index (Phi) is 4.73. The maximum atomic E-state index is 14.0. The number of aryl methyl sites for hydroxylation is 1. The molecule has 0 radical (unpaired) electrons. The highest BCUT2D eigenvalue weighted by atomic mass is 79.9. The number of carboxylic acids is 1. The van der Waals surface area contributed by atoms with Gasteiger partial charge in [-0.05, 0) is 47.0 Å². The first kappa shape index (κ1) is 15.6. The summed E-state index contributed by atoms with van der Waals surface area (Å²) in [6, 6.07) is 9.32. The second-order valence-electron chi connectivity index (χ2n) is 4.83. The van der Waals surface area contributed by atoms with Gasteiger partial charge in [0.2, 0.25) is 0 Å². The van der Waals surface area contributed by atoms with Crippen molar-refractivity contribution in [2.75, 3.05) is 0 Å². The summed E-state index contributed by atoms with van der Waals surface area (Å²) in [5.74, 6) is -3.61. The van der Waals surface area contributed by atoms with Gasteiger partial charge in [0.1, 0.15) is 11.6 Å². The number of halogens is 3. The fourth-order valence-corrected chi connectivity index (χ4v) is 2.57. The molecule has 2 rings (SSSR count). The van der Waals surface area contributed by atoms with E-state index < -0.39 is 23.5 Å². The topological polar surface area (TPSA) is 37.3 Å². The van der Waals surface area contributed by atoms with Crippen LogP contribution in [0.3, 0.4) is 0 Å². The van der Waals surface area contributed by atoms with E-state index in [0.717, 1.165) is 11.6 Å². The first-order valence-electron chi connectivity index (χ1n) is 6.32. The summed E-state index contributed by atoms with van der Waals surface area (Å²) in [6.07, 6.45) is -0.240. The van der Waals surface area contributed by atoms with Crippen LogP contribution in [0.5, 0.6) is 0 Å². The summed E-state index contributed by atoms with van der Waals surface area (Å²) in [6.45, 7) is 1.84. The number of aliphatic carboxylic acids is 1. The molecule has 1 N–H and O–H groups in total. The van der Waals surface area contributed by atoms with Gasteiger partial charge < -0.3 is 5.11 Å². The molecule has 1 unspecified atom stereocenters. The Morgan fingerprint density at radius 1 is 1.29 bits per heavy atom. The minimum Gasteiger partial charge on any atom is -0.481 e. The molecule has 0 aliphatic rings. The van der Waals surface area contributed by atoms with Gasteiger partial charge in [0.15, 0.2) is 0 Å². The minimum absolute atomic E-state index is 0.118. The van der Waals surface area contributed by atoms with Gasteiger partial charge in [0, 0.05) is 5.56 Å². The van der Waals surface area contributed by atoms with Crippen LogP contribution in [0, 0.1) is 18.6 Å². The molecule has 0 saturated heterocycles. The molecule has 0 aliphatic heterocycles. The van der Waals surface area contributed by atoms with Crippen molar-refractivity contribution in [2.45, 2.75) is 19.3 Å². The molecule has 0 bridgehead atoms. The van der Waals surface area contributed by atoms with Crippen LogP contribution < -0.4 is 0 Å². The molecule has 0 saturated carbocycles. The average Bonchev–Trinajstić information content (AvgIpc) is 2.43. The lowest BCUT2D eigenvalue weighted by Gasteiger charge is -2.15. The van der Waals surface area contributed by atoms with E-state index in [-0.39, 0.29) is 16.5 Å². The Balaban J connectivity index is 2.43. The molecule has 0 aromatic heterocycles. The number of carbonyl (C=O) groups is 1. The fraction of sp³-hybridized carbons (Fsp3) is 0.188. The quantitative estimate of drug-likeness (QED) is 0.823. The highest BCUT2D eigenvalue weighted by molar-refractivity contribution is 9.10. The first-order valence-corrected chi connectivity index (χ1v) is 7.11. The molecule has 0 aliphatic carbocycles. The zero-order chi connectivity index (χ0) is 15.6. The van der Waals surface area contributed by atoms with Crippen LogP contribution in [0.4, 0.5) is 8.78 Å². The van der Waals surface area contributed by atoms with E-state index in [1.807, 2.05) is 13.0 Å². The van der Waals surface area contributed by atoms with E-state index in [1.165, 1.54) is 6.07 Å². The van der Waals surface area contributed by atoms with Gasteiger partial charge in [-0.1, -0.05) is 29.8 Å². The van der Waals surface area contributed by atoms with Crippen molar-refractivity contribution >= 4 is 21.9 Å². The van der Waals surface area contributed by atoms with E-state index in [2.05, 4.69) is 15.9 Å². The third-order valence-corrected chi connectivity index (χ3v) is 3.90. The Labute approximate surface area is 129 Å². The van der Waals surface area contributed by atoms with Crippen LogP contribution >= 0.6 is 15.9 Å². The molecule has 2 nitrogen and oxygen atoms in total. The smallest absolute Gasteiger partial charge is 0.311 e. The summed E-state index contributed by atoms with van der Waals surface area (Å²) in [7, 11) is 0. The van der Waals surface area contributed by atoms with Crippen molar-refractivity contribution in [3.05, 3.63) is 69.2 Å². The van der Waals surface area contributed by atoms with E-state index in [4.69, 9.17) is 0 Å². The molecule has 0 amide bonds. The van der Waals surface area contributed by atoms with Crippen molar-refractivity contribution in [1.29, 1.82) is 0 Å². The second-order valence-corrected chi connectivity index (χ2v) is 5.69. The number of rotatable bonds is 4. The Hall–Kier alpha value is -1.75. The van der Waals surface area contributed by atoms with Crippen LogP contribution in [0.25, 0.3) is 0 Å². The van der Waals surface area contributed by atoms with Crippen molar-refractivity contribution < 1.29 is 18.7 Å². The summed E-state index contributed by atoms with van der Waals surface area (Å²) in [4.78, 5) is 11.5. The van der Waals surface area contributed by atoms with E-state index in [9.17, 15) is 18.7 Å². The Morgan fingerprint density at radius 3 is 2.62 bits per heavy atom. The predicted octanol–water partition coefficient (Wildman–Crippen LogP) is 4.45. The van der Waals surface area contributed by atoms with Gasteiger partial charge in [-0.25, -0.2) is 8.78 Å². The van der Waals surface area contributed by atoms with Crippen LogP contribution in [0.2, 0.25) is 0 Å². The number of carboxylic acid groups (broad SMARTS) is 1. The van der Waals surface area contributed by atoms with Crippen LogP contribution in [-0.2, 0) is 11.2 Å². The number of benzene rings is 2. The Bertz CT molecular complexity index is 686.